The van der Waals surface area contributed by atoms with Crippen LogP contribution >= 0.6 is 15.9 Å². The van der Waals surface area contributed by atoms with Crippen LogP contribution in [0.3, 0.4) is 0 Å². The summed E-state index contributed by atoms with van der Waals surface area (Å²) in [6.45, 7) is 3.87. The van der Waals surface area contributed by atoms with Gasteiger partial charge in [0.15, 0.2) is 0 Å². The number of ether oxygens (including phenoxy) is 1. The lowest BCUT2D eigenvalue weighted by Crippen LogP contribution is -2.21. The zero-order valence-electron chi connectivity index (χ0n) is 12.6. The van der Waals surface area contributed by atoms with Crippen molar-refractivity contribution in [3.63, 3.8) is 0 Å². The smallest absolute Gasteiger partial charge is 0.306 e. The van der Waals surface area contributed by atoms with E-state index in [1.807, 2.05) is 19.9 Å². The molecule has 6 heteroatoms. The minimum Gasteiger partial charge on any atom is -0.491 e. The molecule has 120 valence electrons. The molecule has 1 aromatic carbocycles. The molecule has 0 bridgehead atoms. The van der Waals surface area contributed by atoms with Crippen molar-refractivity contribution in [2.24, 2.45) is 11.8 Å². The fourth-order valence-electron chi connectivity index (χ4n) is 2.66. The highest BCUT2D eigenvalue weighted by molar-refractivity contribution is 9.10. The molecule has 0 spiro atoms. The lowest BCUT2D eigenvalue weighted by molar-refractivity contribution is -0.141. The van der Waals surface area contributed by atoms with Crippen molar-refractivity contribution in [1.82, 2.24) is 0 Å². The molecule has 2 atom stereocenters. The number of nitrogens with one attached hydrogen (secondary N) is 1. The van der Waals surface area contributed by atoms with Crippen molar-refractivity contribution in [1.29, 1.82) is 0 Å². The average molecular weight is 370 g/mol. The number of hydrogen-bond acceptors (Lipinski definition) is 3. The van der Waals surface area contributed by atoms with Gasteiger partial charge in [0.25, 0.3) is 0 Å². The topological polar surface area (TPSA) is 75.6 Å². The summed E-state index contributed by atoms with van der Waals surface area (Å²) in [5.74, 6) is -0.912. The monoisotopic (exact) mass is 369 g/mol. The van der Waals surface area contributed by atoms with E-state index in [4.69, 9.17) is 9.84 Å². The molecule has 1 amide bonds. The van der Waals surface area contributed by atoms with Crippen LogP contribution in [0.25, 0.3) is 0 Å². The van der Waals surface area contributed by atoms with Gasteiger partial charge in [0.05, 0.1) is 12.0 Å². The molecule has 1 aromatic rings. The maximum atomic E-state index is 12.3. The molecule has 2 rings (SSSR count). The lowest BCUT2D eigenvalue weighted by atomic mass is 10.0. The van der Waals surface area contributed by atoms with Gasteiger partial charge in [-0.05, 0) is 45.2 Å². The number of halogens is 1. The number of hydrogen-bond donors (Lipinski definition) is 2. The first kappa shape index (κ1) is 16.8. The lowest BCUT2D eigenvalue weighted by Gasteiger charge is -2.14. The van der Waals surface area contributed by atoms with Crippen molar-refractivity contribution < 1.29 is 19.4 Å². The van der Waals surface area contributed by atoms with Crippen LogP contribution in [-0.2, 0) is 9.59 Å². The van der Waals surface area contributed by atoms with Crippen LogP contribution < -0.4 is 10.1 Å². The Morgan fingerprint density at radius 3 is 2.55 bits per heavy atom. The Bertz CT molecular complexity index is 573. The minimum atomic E-state index is -0.814. The van der Waals surface area contributed by atoms with Gasteiger partial charge >= 0.3 is 5.97 Å². The van der Waals surface area contributed by atoms with E-state index < -0.39 is 11.9 Å². The van der Waals surface area contributed by atoms with E-state index in [9.17, 15) is 9.59 Å². The standard InChI is InChI=1S/C16H20BrNO4/c1-9(2)22-14-7-12(17)6-13(8-14)18-15(19)10-3-4-11(5-10)16(20)21/h6-11H,3-5H2,1-2H3,(H,18,19)(H,20,21)/t10-,11+/m1/s1. The van der Waals surface area contributed by atoms with E-state index in [1.54, 1.807) is 12.1 Å². The number of carbonyl (C=O) groups is 2. The minimum absolute atomic E-state index is 0.0454. The zero-order valence-corrected chi connectivity index (χ0v) is 14.2. The van der Waals surface area contributed by atoms with E-state index in [0.29, 0.717) is 30.7 Å². The first-order valence-electron chi connectivity index (χ1n) is 7.36. The van der Waals surface area contributed by atoms with Crippen molar-refractivity contribution >= 4 is 33.5 Å². The number of amides is 1. The summed E-state index contributed by atoms with van der Waals surface area (Å²) < 4.78 is 6.45. The number of aliphatic carboxylic acids is 1. The van der Waals surface area contributed by atoms with Gasteiger partial charge in [0, 0.05) is 22.1 Å². The summed E-state index contributed by atoms with van der Waals surface area (Å²) in [4.78, 5) is 23.2. The summed E-state index contributed by atoms with van der Waals surface area (Å²) in [7, 11) is 0. The van der Waals surface area contributed by atoms with Gasteiger partial charge in [-0.1, -0.05) is 15.9 Å². The zero-order chi connectivity index (χ0) is 16.3. The van der Waals surface area contributed by atoms with E-state index in [-0.39, 0.29) is 17.9 Å². The molecule has 0 saturated heterocycles. The van der Waals surface area contributed by atoms with Gasteiger partial charge in [-0.15, -0.1) is 0 Å². The molecule has 5 nitrogen and oxygen atoms in total. The number of rotatable bonds is 5. The molecule has 1 saturated carbocycles. The van der Waals surface area contributed by atoms with Crippen LogP contribution in [0.1, 0.15) is 33.1 Å². The Balaban J connectivity index is 2.02. The third kappa shape index (κ3) is 4.47. The quantitative estimate of drug-likeness (QED) is 0.829. The SMILES string of the molecule is CC(C)Oc1cc(Br)cc(NC(=O)[C@@H]2CC[C@H](C(=O)O)C2)c1. The molecule has 0 unspecified atom stereocenters. The van der Waals surface area contributed by atoms with Crippen LogP contribution in [0.2, 0.25) is 0 Å². The second-order valence-electron chi connectivity index (χ2n) is 5.88. The van der Waals surface area contributed by atoms with Gasteiger partial charge in [0.1, 0.15) is 5.75 Å². The molecule has 1 aliphatic carbocycles. The van der Waals surface area contributed by atoms with Crippen molar-refractivity contribution in [2.75, 3.05) is 5.32 Å². The Morgan fingerprint density at radius 2 is 1.95 bits per heavy atom. The van der Waals surface area contributed by atoms with Crippen LogP contribution in [0.4, 0.5) is 5.69 Å². The molecule has 1 aliphatic rings. The van der Waals surface area contributed by atoms with E-state index in [0.717, 1.165) is 4.47 Å². The normalized spacial score (nSPS) is 20.9. The van der Waals surface area contributed by atoms with Crippen molar-refractivity contribution in [2.45, 2.75) is 39.2 Å². The molecule has 0 aliphatic heterocycles. The Hall–Kier alpha value is -1.56. The van der Waals surface area contributed by atoms with Gasteiger partial charge in [-0.25, -0.2) is 0 Å². The van der Waals surface area contributed by atoms with Crippen LogP contribution in [0.15, 0.2) is 22.7 Å². The largest absolute Gasteiger partial charge is 0.491 e. The summed E-state index contributed by atoms with van der Waals surface area (Å²) >= 11 is 3.40. The maximum Gasteiger partial charge on any atom is 0.306 e. The number of carboxylic acids is 1. The Labute approximate surface area is 138 Å². The number of benzene rings is 1. The average Bonchev–Trinajstić information content (AvgIpc) is 2.86. The summed E-state index contributed by atoms with van der Waals surface area (Å²) in [5.41, 5.74) is 0.647. The van der Waals surface area contributed by atoms with Crippen LogP contribution in [-0.4, -0.2) is 23.1 Å². The summed E-state index contributed by atoms with van der Waals surface area (Å²) in [6, 6.07) is 5.41. The molecular weight excluding hydrogens is 350 g/mol. The number of anilines is 1. The first-order chi connectivity index (χ1) is 10.3. The van der Waals surface area contributed by atoms with Gasteiger partial charge in [-0.3, -0.25) is 9.59 Å². The second kappa shape index (κ2) is 7.13. The number of carbonyl (C=O) groups excluding carboxylic acids is 1. The van der Waals surface area contributed by atoms with Gasteiger partial charge < -0.3 is 15.2 Å². The van der Waals surface area contributed by atoms with Gasteiger partial charge in [0.2, 0.25) is 5.91 Å². The maximum absolute atomic E-state index is 12.3. The summed E-state index contributed by atoms with van der Waals surface area (Å²) in [5, 5.41) is 11.9. The van der Waals surface area contributed by atoms with Crippen LogP contribution in [0.5, 0.6) is 5.75 Å². The van der Waals surface area contributed by atoms with Crippen molar-refractivity contribution in [3.8, 4) is 5.75 Å². The molecule has 22 heavy (non-hydrogen) atoms. The predicted octanol–water partition coefficient (Wildman–Crippen LogP) is 3.68. The Kier molecular flexibility index (Phi) is 5.45. The molecule has 0 heterocycles. The van der Waals surface area contributed by atoms with E-state index in [2.05, 4.69) is 21.2 Å². The van der Waals surface area contributed by atoms with E-state index in [1.165, 1.54) is 0 Å². The molecule has 1 fully saturated rings. The van der Waals surface area contributed by atoms with Gasteiger partial charge in [-0.2, -0.15) is 0 Å². The van der Waals surface area contributed by atoms with Crippen molar-refractivity contribution in [3.05, 3.63) is 22.7 Å². The third-order valence-corrected chi connectivity index (χ3v) is 4.12. The predicted molar refractivity (Wildman–Crippen MR) is 87.0 cm³/mol. The fourth-order valence-corrected chi connectivity index (χ4v) is 3.14. The third-order valence-electron chi connectivity index (χ3n) is 3.66. The highest BCUT2D eigenvalue weighted by Gasteiger charge is 2.33. The second-order valence-corrected chi connectivity index (χ2v) is 6.79. The molecule has 0 radical (unpaired) electrons. The Morgan fingerprint density at radius 1 is 1.27 bits per heavy atom. The highest BCUT2D eigenvalue weighted by atomic mass is 79.9. The number of carboxylic acid groups (broad SMARTS) is 1. The first-order valence-corrected chi connectivity index (χ1v) is 8.15. The van der Waals surface area contributed by atoms with E-state index >= 15 is 0 Å². The fraction of sp³-hybridized carbons (Fsp3) is 0.500. The molecular formula is C16H20BrNO4. The van der Waals surface area contributed by atoms with Crippen LogP contribution in [0, 0.1) is 11.8 Å². The highest BCUT2D eigenvalue weighted by Crippen LogP contribution is 2.32. The summed E-state index contributed by atoms with van der Waals surface area (Å²) in [6.07, 6.45) is 1.63. The molecule has 2 N–H and O–H groups in total. The molecule has 0 aromatic heterocycles.